The van der Waals surface area contributed by atoms with Crippen LogP contribution in [0.3, 0.4) is 0 Å². The van der Waals surface area contributed by atoms with Crippen molar-refractivity contribution in [1.29, 1.82) is 0 Å². The lowest BCUT2D eigenvalue weighted by Crippen LogP contribution is -2.39. The third-order valence-electron chi connectivity index (χ3n) is 4.18. The van der Waals surface area contributed by atoms with Gasteiger partial charge in [0.1, 0.15) is 12.2 Å². The molecule has 26 heavy (non-hydrogen) atoms. The number of aromatic nitrogens is 3. The minimum absolute atomic E-state index is 0.0228. The number of rotatable bonds is 5. The van der Waals surface area contributed by atoms with Crippen LogP contribution in [0.5, 0.6) is 0 Å². The van der Waals surface area contributed by atoms with Crippen molar-refractivity contribution in [1.82, 2.24) is 13.7 Å². The topological polar surface area (TPSA) is 78.0 Å². The first kappa shape index (κ1) is 18.0. The fraction of sp³-hybridized carbons (Fsp3) is 0.278. The number of anilines is 1. The molecule has 1 amide bonds. The molecule has 0 fully saturated rings. The zero-order valence-corrected chi connectivity index (χ0v) is 15.3. The molecule has 2 heterocycles. The van der Waals surface area contributed by atoms with E-state index in [0.29, 0.717) is 34.8 Å². The number of hydrogen-bond acceptors (Lipinski definition) is 3. The van der Waals surface area contributed by atoms with Crippen molar-refractivity contribution >= 4 is 34.2 Å². The third kappa shape index (κ3) is 3.17. The van der Waals surface area contributed by atoms with Gasteiger partial charge in [-0.3, -0.25) is 18.7 Å². The second kappa shape index (κ2) is 7.21. The first-order chi connectivity index (χ1) is 12.5. The van der Waals surface area contributed by atoms with Crippen molar-refractivity contribution in [2.24, 2.45) is 0 Å². The highest BCUT2D eigenvalue weighted by molar-refractivity contribution is 6.30. The molecule has 2 aromatic heterocycles. The normalized spacial score (nSPS) is 11.0. The molecule has 136 valence electrons. The Morgan fingerprint density at radius 1 is 1.12 bits per heavy atom. The van der Waals surface area contributed by atoms with E-state index in [-0.39, 0.29) is 23.7 Å². The van der Waals surface area contributed by atoms with Crippen LogP contribution in [-0.4, -0.2) is 19.6 Å². The fourth-order valence-corrected chi connectivity index (χ4v) is 3.20. The minimum atomic E-state index is -0.373. The monoisotopic (exact) mass is 374 g/mol. The average molecular weight is 375 g/mol. The van der Waals surface area contributed by atoms with Gasteiger partial charge in [0, 0.05) is 30.0 Å². The van der Waals surface area contributed by atoms with Gasteiger partial charge in [0.25, 0.3) is 5.56 Å². The Hall–Kier alpha value is -2.80. The number of aryl methyl sites for hydroxylation is 1. The van der Waals surface area contributed by atoms with Gasteiger partial charge in [0.2, 0.25) is 5.91 Å². The summed E-state index contributed by atoms with van der Waals surface area (Å²) in [6.07, 6.45) is 1.65. The van der Waals surface area contributed by atoms with Gasteiger partial charge in [-0.2, -0.15) is 0 Å². The Morgan fingerprint density at radius 2 is 1.85 bits per heavy atom. The maximum Gasteiger partial charge on any atom is 0.332 e. The molecule has 0 aliphatic rings. The molecular formula is C18H19ClN4O3. The van der Waals surface area contributed by atoms with Crippen molar-refractivity contribution in [2.45, 2.75) is 33.5 Å². The molecule has 0 atom stereocenters. The van der Waals surface area contributed by atoms with Gasteiger partial charge in [-0.1, -0.05) is 17.7 Å². The van der Waals surface area contributed by atoms with Gasteiger partial charge in [-0.15, -0.1) is 0 Å². The van der Waals surface area contributed by atoms with Crippen LogP contribution in [0.2, 0.25) is 5.02 Å². The van der Waals surface area contributed by atoms with Crippen LogP contribution < -0.4 is 16.6 Å². The highest BCUT2D eigenvalue weighted by Crippen LogP contribution is 2.16. The maximum atomic E-state index is 12.5. The fourth-order valence-electron chi connectivity index (χ4n) is 3.01. The second-order valence-corrected chi connectivity index (χ2v) is 6.25. The Labute approximate surface area is 154 Å². The Bertz CT molecular complexity index is 1090. The van der Waals surface area contributed by atoms with Gasteiger partial charge < -0.3 is 9.88 Å². The van der Waals surface area contributed by atoms with E-state index in [1.54, 1.807) is 48.0 Å². The number of hydrogen-bond donors (Lipinski definition) is 1. The van der Waals surface area contributed by atoms with Crippen LogP contribution in [0.15, 0.2) is 46.1 Å². The number of benzene rings is 1. The van der Waals surface area contributed by atoms with Crippen LogP contribution >= 0.6 is 11.6 Å². The predicted molar refractivity (Wildman–Crippen MR) is 102 cm³/mol. The second-order valence-electron chi connectivity index (χ2n) is 5.82. The molecule has 7 nitrogen and oxygen atoms in total. The molecule has 3 aromatic rings. The van der Waals surface area contributed by atoms with E-state index >= 15 is 0 Å². The van der Waals surface area contributed by atoms with Gasteiger partial charge in [-0.25, -0.2) is 4.79 Å². The molecule has 1 aromatic carbocycles. The average Bonchev–Trinajstić information content (AvgIpc) is 2.99. The molecule has 0 aliphatic carbocycles. The Balaban J connectivity index is 2.00. The summed E-state index contributed by atoms with van der Waals surface area (Å²) in [5, 5.41) is 3.70. The number of nitrogens with one attached hydrogen (secondary N) is 1. The van der Waals surface area contributed by atoms with Crippen molar-refractivity contribution in [2.75, 3.05) is 5.32 Å². The molecule has 8 heteroatoms. The lowest BCUT2D eigenvalue weighted by molar-refractivity contribution is -0.116. The highest BCUT2D eigenvalue weighted by Gasteiger charge is 2.16. The number of amides is 1. The predicted octanol–water partition coefficient (Wildman–Crippen LogP) is 2.30. The van der Waals surface area contributed by atoms with E-state index < -0.39 is 0 Å². The highest BCUT2D eigenvalue weighted by atomic mass is 35.5. The SMILES string of the molecule is CCn1c(=O)c2ccn(CC(=O)Nc3cccc(Cl)c3)c2n(CC)c1=O. The number of nitrogens with zero attached hydrogens (tertiary/aromatic N) is 3. The van der Waals surface area contributed by atoms with E-state index in [9.17, 15) is 14.4 Å². The third-order valence-corrected chi connectivity index (χ3v) is 4.42. The lowest BCUT2D eigenvalue weighted by atomic mass is 10.3. The quantitative estimate of drug-likeness (QED) is 0.744. The van der Waals surface area contributed by atoms with Gasteiger partial charge in [-0.05, 0) is 38.1 Å². The molecular weight excluding hydrogens is 356 g/mol. The lowest BCUT2D eigenvalue weighted by Gasteiger charge is -2.13. The summed E-state index contributed by atoms with van der Waals surface area (Å²) in [4.78, 5) is 37.4. The van der Waals surface area contributed by atoms with Crippen LogP contribution in [0, 0.1) is 0 Å². The summed E-state index contributed by atoms with van der Waals surface area (Å²) >= 11 is 5.92. The molecule has 1 N–H and O–H groups in total. The largest absolute Gasteiger partial charge is 0.332 e. The zero-order valence-electron chi connectivity index (χ0n) is 14.5. The summed E-state index contributed by atoms with van der Waals surface area (Å²) < 4.78 is 4.32. The van der Waals surface area contributed by atoms with Crippen LogP contribution in [0.4, 0.5) is 5.69 Å². The maximum absolute atomic E-state index is 12.5. The smallest absolute Gasteiger partial charge is 0.324 e. The van der Waals surface area contributed by atoms with Crippen LogP contribution in [0.25, 0.3) is 11.0 Å². The van der Waals surface area contributed by atoms with E-state index in [1.807, 2.05) is 6.92 Å². The summed E-state index contributed by atoms with van der Waals surface area (Å²) in [6.45, 7) is 4.26. The van der Waals surface area contributed by atoms with E-state index in [0.717, 1.165) is 0 Å². The van der Waals surface area contributed by atoms with E-state index in [4.69, 9.17) is 11.6 Å². The summed E-state index contributed by atoms with van der Waals surface area (Å²) in [5.74, 6) is -0.278. The molecule has 0 bridgehead atoms. The molecule has 0 saturated heterocycles. The number of carbonyl (C=O) groups is 1. The van der Waals surface area contributed by atoms with Gasteiger partial charge in [0.05, 0.1) is 5.39 Å². The molecule has 0 aliphatic heterocycles. The zero-order chi connectivity index (χ0) is 18.8. The summed E-state index contributed by atoms with van der Waals surface area (Å²) in [6, 6.07) is 8.48. The molecule has 0 radical (unpaired) electrons. The first-order valence-corrected chi connectivity index (χ1v) is 8.72. The minimum Gasteiger partial charge on any atom is -0.324 e. The van der Waals surface area contributed by atoms with Crippen LogP contribution in [0.1, 0.15) is 13.8 Å². The van der Waals surface area contributed by atoms with Crippen molar-refractivity contribution in [3.63, 3.8) is 0 Å². The summed E-state index contributed by atoms with van der Waals surface area (Å²) in [5.41, 5.74) is 0.322. The molecule has 0 saturated carbocycles. The van der Waals surface area contributed by atoms with E-state index in [2.05, 4.69) is 5.32 Å². The van der Waals surface area contributed by atoms with Crippen molar-refractivity contribution in [3.8, 4) is 0 Å². The van der Waals surface area contributed by atoms with Gasteiger partial charge in [0.15, 0.2) is 0 Å². The molecule has 0 unspecified atom stereocenters. The van der Waals surface area contributed by atoms with Crippen LogP contribution in [-0.2, 0) is 24.4 Å². The first-order valence-electron chi connectivity index (χ1n) is 8.34. The number of fused-ring (bicyclic) bond motifs is 1. The molecule has 3 rings (SSSR count). The molecule has 0 spiro atoms. The Morgan fingerprint density at radius 3 is 2.50 bits per heavy atom. The van der Waals surface area contributed by atoms with Gasteiger partial charge >= 0.3 is 5.69 Å². The van der Waals surface area contributed by atoms with Crippen molar-refractivity contribution < 1.29 is 4.79 Å². The Kier molecular flexibility index (Phi) is 4.99. The number of halogens is 1. The van der Waals surface area contributed by atoms with Crippen molar-refractivity contribution in [3.05, 3.63) is 62.4 Å². The summed E-state index contributed by atoms with van der Waals surface area (Å²) in [7, 11) is 0. The standard InChI is InChI=1S/C18H19ClN4O3/c1-3-22-16-14(17(25)23(4-2)18(22)26)8-9-21(16)11-15(24)20-13-7-5-6-12(19)10-13/h5-10H,3-4,11H2,1-2H3,(H,20,24). The van der Waals surface area contributed by atoms with E-state index in [1.165, 1.54) is 9.13 Å². The number of carbonyl (C=O) groups excluding carboxylic acids is 1.